The van der Waals surface area contributed by atoms with Crippen LogP contribution >= 0.6 is 0 Å². The van der Waals surface area contributed by atoms with Crippen LogP contribution in [-0.2, 0) is 0 Å². The van der Waals surface area contributed by atoms with Crippen molar-refractivity contribution >= 4 is 17.3 Å². The van der Waals surface area contributed by atoms with Gasteiger partial charge in [-0.15, -0.1) is 10.2 Å². The number of hydrogen-bond donors (Lipinski definition) is 0. The highest BCUT2D eigenvalue weighted by molar-refractivity contribution is 5.99. The van der Waals surface area contributed by atoms with Crippen molar-refractivity contribution in [1.29, 1.82) is 0 Å². The third kappa shape index (κ3) is 4.95. The summed E-state index contributed by atoms with van der Waals surface area (Å²) in [6.45, 7) is 23.1. The quantitative estimate of drug-likeness (QED) is 0.642. The minimum atomic E-state index is -0.482. The van der Waals surface area contributed by atoms with Gasteiger partial charge < -0.3 is 9.80 Å². The van der Waals surface area contributed by atoms with E-state index in [0.717, 1.165) is 11.5 Å². The number of carbonyl (C=O) groups excluding carboxylic acids is 1. The second kappa shape index (κ2) is 8.36. The monoisotopic (exact) mass is 362 g/mol. The molecule has 0 N–H and O–H groups in total. The number of anilines is 2. The molecule has 0 aliphatic rings. The number of ketones is 1. The van der Waals surface area contributed by atoms with E-state index in [0.29, 0.717) is 5.69 Å². The van der Waals surface area contributed by atoms with Crippen LogP contribution in [0, 0.1) is 5.41 Å². The average molecular weight is 363 g/mol. The van der Waals surface area contributed by atoms with Crippen LogP contribution in [0.25, 0.3) is 0 Å². The molecule has 1 aromatic rings. The van der Waals surface area contributed by atoms with Gasteiger partial charge in [0.2, 0.25) is 0 Å². The lowest BCUT2D eigenvalue weighted by Crippen LogP contribution is -2.43. The maximum Gasteiger partial charge on any atom is 0.188 e. The molecule has 0 radical (unpaired) electrons. The number of nitrogens with zero attached hydrogens (tertiary/aromatic N) is 4. The van der Waals surface area contributed by atoms with E-state index in [1.165, 1.54) is 0 Å². The van der Waals surface area contributed by atoms with Crippen molar-refractivity contribution in [1.82, 2.24) is 10.2 Å². The van der Waals surface area contributed by atoms with Gasteiger partial charge in [-0.25, -0.2) is 0 Å². The molecule has 0 aliphatic heterocycles. The molecule has 148 valence electrons. The normalized spacial score (nSPS) is 12.4. The maximum atomic E-state index is 12.8. The number of Topliss-reactive ketones (excluding diaryl/α,β-unsaturated/α-hetero) is 1. The zero-order valence-corrected chi connectivity index (χ0v) is 18.6. The van der Waals surface area contributed by atoms with E-state index >= 15 is 0 Å². The number of rotatable bonds is 7. The van der Waals surface area contributed by atoms with Crippen molar-refractivity contribution in [3.05, 3.63) is 11.8 Å². The van der Waals surface area contributed by atoms with Gasteiger partial charge in [-0.3, -0.25) is 4.79 Å². The summed E-state index contributed by atoms with van der Waals surface area (Å²) in [4.78, 5) is 17.4. The Balaban J connectivity index is 3.68. The fourth-order valence-electron chi connectivity index (χ4n) is 3.48. The van der Waals surface area contributed by atoms with Crippen LogP contribution in [0.4, 0.5) is 11.5 Å². The number of aromatic nitrogens is 2. The molecule has 0 spiro atoms. The van der Waals surface area contributed by atoms with Gasteiger partial charge in [-0.2, -0.15) is 0 Å². The highest BCUT2D eigenvalue weighted by atomic mass is 16.1. The molecule has 1 rings (SSSR count). The third-order valence-electron chi connectivity index (χ3n) is 4.42. The van der Waals surface area contributed by atoms with Gasteiger partial charge >= 0.3 is 0 Å². The van der Waals surface area contributed by atoms with E-state index < -0.39 is 5.41 Å². The van der Waals surface area contributed by atoms with E-state index in [2.05, 4.69) is 75.4 Å². The van der Waals surface area contributed by atoms with Crippen LogP contribution in [0.2, 0.25) is 0 Å². The molecule has 1 aromatic heterocycles. The van der Waals surface area contributed by atoms with Crippen molar-refractivity contribution in [3.8, 4) is 0 Å². The summed E-state index contributed by atoms with van der Waals surface area (Å²) in [5.74, 6) is 0.869. The minimum absolute atomic E-state index is 0.0194. The summed E-state index contributed by atoms with van der Waals surface area (Å²) in [6.07, 6.45) is 0. The molecule has 0 bridgehead atoms. The topological polar surface area (TPSA) is 49.3 Å². The smallest absolute Gasteiger partial charge is 0.188 e. The summed E-state index contributed by atoms with van der Waals surface area (Å²) in [6, 6.07) is 3.09. The fraction of sp³-hybridized carbons (Fsp3) is 0.762. The summed E-state index contributed by atoms with van der Waals surface area (Å²) < 4.78 is 0. The molecule has 0 saturated heterocycles. The molecule has 0 aromatic carbocycles. The van der Waals surface area contributed by atoms with Crippen LogP contribution < -0.4 is 9.80 Å². The van der Waals surface area contributed by atoms with Gasteiger partial charge in [-0.1, -0.05) is 20.8 Å². The second-order valence-electron chi connectivity index (χ2n) is 9.21. The van der Waals surface area contributed by atoms with Gasteiger partial charge in [0.1, 0.15) is 5.69 Å². The van der Waals surface area contributed by atoms with E-state index in [1.807, 2.05) is 26.8 Å². The van der Waals surface area contributed by atoms with Crippen LogP contribution in [0.3, 0.4) is 0 Å². The van der Waals surface area contributed by atoms with Crippen molar-refractivity contribution in [2.75, 3.05) is 9.80 Å². The van der Waals surface area contributed by atoms with Crippen molar-refractivity contribution in [2.24, 2.45) is 5.41 Å². The second-order valence-corrected chi connectivity index (χ2v) is 9.21. The summed E-state index contributed by atoms with van der Waals surface area (Å²) in [5, 5.41) is 8.88. The molecule has 5 heteroatoms. The Labute approximate surface area is 160 Å². The molecule has 26 heavy (non-hydrogen) atoms. The Morgan fingerprint density at radius 3 is 1.58 bits per heavy atom. The van der Waals surface area contributed by atoms with Crippen LogP contribution in [-0.4, -0.2) is 40.1 Å². The fourth-order valence-corrected chi connectivity index (χ4v) is 3.48. The van der Waals surface area contributed by atoms with Crippen molar-refractivity contribution in [2.45, 2.75) is 100 Å². The highest BCUT2D eigenvalue weighted by Crippen LogP contribution is 2.34. The lowest BCUT2D eigenvalue weighted by molar-refractivity contribution is 0.0852. The SMILES string of the molecule is CC(C)N(c1cc(C(=O)C(C)(C)C)nnc1N(C(C)C)C(C)C)C(C)C. The largest absolute Gasteiger partial charge is 0.364 e. The van der Waals surface area contributed by atoms with E-state index in [4.69, 9.17) is 0 Å². The standard InChI is InChI=1S/C21H38N4O/c1-13(2)24(14(3)4)18-12-17(19(26)21(9,10)11)22-23-20(18)25(15(5)6)16(7)8/h12-16H,1-11H3. The molecule has 0 fully saturated rings. The Kier molecular flexibility index (Phi) is 7.20. The summed E-state index contributed by atoms with van der Waals surface area (Å²) >= 11 is 0. The van der Waals surface area contributed by atoms with Gasteiger partial charge in [0.15, 0.2) is 11.6 Å². The summed E-state index contributed by atoms with van der Waals surface area (Å²) in [7, 11) is 0. The van der Waals surface area contributed by atoms with Gasteiger partial charge in [0.05, 0.1) is 5.69 Å². The van der Waals surface area contributed by atoms with E-state index in [-0.39, 0.29) is 30.0 Å². The first kappa shape index (κ1) is 22.4. The highest BCUT2D eigenvalue weighted by Gasteiger charge is 2.30. The Bertz CT molecular complexity index is 599. The molecule has 0 atom stereocenters. The third-order valence-corrected chi connectivity index (χ3v) is 4.42. The minimum Gasteiger partial charge on any atom is -0.364 e. The molecule has 0 aliphatic carbocycles. The molecule has 0 saturated carbocycles. The first-order chi connectivity index (χ1) is 11.8. The first-order valence-electron chi connectivity index (χ1n) is 9.78. The molecule has 5 nitrogen and oxygen atoms in total. The molecule has 0 unspecified atom stereocenters. The lowest BCUT2D eigenvalue weighted by Gasteiger charge is -2.39. The molecule has 1 heterocycles. The number of carbonyl (C=O) groups is 1. The Hall–Kier alpha value is -1.65. The predicted octanol–water partition coefficient (Wildman–Crippen LogP) is 4.95. The molecular formula is C21H38N4O. The lowest BCUT2D eigenvalue weighted by atomic mass is 9.88. The van der Waals surface area contributed by atoms with Gasteiger partial charge in [0.25, 0.3) is 0 Å². The number of hydrogen-bond acceptors (Lipinski definition) is 5. The Morgan fingerprint density at radius 2 is 1.23 bits per heavy atom. The first-order valence-corrected chi connectivity index (χ1v) is 9.78. The van der Waals surface area contributed by atoms with Crippen LogP contribution in [0.1, 0.15) is 86.6 Å². The average Bonchev–Trinajstić information content (AvgIpc) is 2.45. The zero-order valence-electron chi connectivity index (χ0n) is 18.6. The van der Waals surface area contributed by atoms with Crippen LogP contribution in [0.15, 0.2) is 6.07 Å². The van der Waals surface area contributed by atoms with Crippen LogP contribution in [0.5, 0.6) is 0 Å². The molecular weight excluding hydrogens is 324 g/mol. The van der Waals surface area contributed by atoms with Gasteiger partial charge in [-0.05, 0) is 61.5 Å². The Morgan fingerprint density at radius 1 is 0.808 bits per heavy atom. The predicted molar refractivity (Wildman–Crippen MR) is 111 cm³/mol. The van der Waals surface area contributed by atoms with Crippen molar-refractivity contribution < 1.29 is 4.79 Å². The maximum absolute atomic E-state index is 12.8. The zero-order chi connectivity index (χ0) is 20.4. The van der Waals surface area contributed by atoms with Gasteiger partial charge in [0, 0.05) is 29.6 Å². The van der Waals surface area contributed by atoms with Crippen molar-refractivity contribution in [3.63, 3.8) is 0 Å². The van der Waals surface area contributed by atoms with E-state index in [9.17, 15) is 4.79 Å². The summed E-state index contributed by atoms with van der Waals surface area (Å²) in [5.41, 5.74) is 0.944. The van der Waals surface area contributed by atoms with E-state index in [1.54, 1.807) is 0 Å². The molecule has 0 amide bonds.